The molecule has 0 N–H and O–H groups in total. The number of aliphatic imine (C=N–C) groups is 1. The molecule has 4 heteroatoms. The van der Waals surface area contributed by atoms with E-state index in [9.17, 15) is 4.79 Å². The molecular formula is C9H13N3O. The van der Waals surface area contributed by atoms with Gasteiger partial charge in [0.15, 0.2) is 0 Å². The molecule has 0 saturated carbocycles. The van der Waals surface area contributed by atoms with Crippen LogP contribution in [0.25, 0.3) is 0 Å². The minimum atomic E-state index is -0.325. The van der Waals surface area contributed by atoms with Crippen molar-refractivity contribution in [3.05, 3.63) is 17.5 Å². The van der Waals surface area contributed by atoms with E-state index in [1.54, 1.807) is 10.7 Å². The molecule has 0 fully saturated rings. The molecule has 70 valence electrons. The summed E-state index contributed by atoms with van der Waals surface area (Å²) < 4.78 is 1.66. The van der Waals surface area contributed by atoms with Crippen molar-refractivity contribution in [3.8, 4) is 0 Å². The molecule has 0 aliphatic rings. The summed E-state index contributed by atoms with van der Waals surface area (Å²) in [6.07, 6.45) is 0. The highest BCUT2D eigenvalue weighted by atomic mass is 16.1. The van der Waals surface area contributed by atoms with Gasteiger partial charge < -0.3 is 0 Å². The van der Waals surface area contributed by atoms with Gasteiger partial charge in [0.2, 0.25) is 0 Å². The van der Waals surface area contributed by atoms with Gasteiger partial charge in [0.1, 0.15) is 5.69 Å². The summed E-state index contributed by atoms with van der Waals surface area (Å²) in [5.41, 5.74) is 1.32. The highest BCUT2D eigenvalue weighted by Crippen LogP contribution is 2.11. The Morgan fingerprint density at radius 2 is 2.31 bits per heavy atom. The van der Waals surface area contributed by atoms with Crippen LogP contribution in [-0.4, -0.2) is 22.4 Å². The van der Waals surface area contributed by atoms with Crippen LogP contribution in [0.4, 0.5) is 0 Å². The third-order valence-corrected chi connectivity index (χ3v) is 1.71. The van der Waals surface area contributed by atoms with E-state index in [0.717, 1.165) is 5.69 Å². The van der Waals surface area contributed by atoms with Crippen LogP contribution in [0.15, 0.2) is 11.1 Å². The number of hydrogen-bond donors (Lipinski definition) is 0. The largest absolute Gasteiger partial charge is 0.294 e. The third kappa shape index (κ3) is 1.83. The van der Waals surface area contributed by atoms with Crippen LogP contribution in [0.1, 0.15) is 36.1 Å². The minimum absolute atomic E-state index is 0.161. The quantitative estimate of drug-likeness (QED) is 0.647. The van der Waals surface area contributed by atoms with Gasteiger partial charge in [-0.1, -0.05) is 0 Å². The second-order valence-electron chi connectivity index (χ2n) is 3.17. The van der Waals surface area contributed by atoms with Crippen LogP contribution in [0.5, 0.6) is 0 Å². The maximum Gasteiger partial charge on any atom is 0.294 e. The molecule has 0 bridgehead atoms. The van der Waals surface area contributed by atoms with Crippen LogP contribution in [0.3, 0.4) is 0 Å². The van der Waals surface area contributed by atoms with Crippen molar-refractivity contribution in [2.24, 2.45) is 4.99 Å². The standard InChI is InChI=1S/C9H13N3O/c1-6(2)12-8(9(13)10-4)5-7(3)11-12/h5-6H,4H2,1-3H3. The van der Waals surface area contributed by atoms with Gasteiger partial charge >= 0.3 is 0 Å². The van der Waals surface area contributed by atoms with Crippen molar-refractivity contribution in [1.29, 1.82) is 0 Å². The van der Waals surface area contributed by atoms with Crippen LogP contribution >= 0.6 is 0 Å². The fourth-order valence-corrected chi connectivity index (χ4v) is 1.15. The van der Waals surface area contributed by atoms with Gasteiger partial charge in [-0.3, -0.25) is 9.48 Å². The summed E-state index contributed by atoms with van der Waals surface area (Å²) in [5, 5.41) is 4.19. The van der Waals surface area contributed by atoms with Crippen LogP contribution < -0.4 is 0 Å². The molecule has 1 aromatic rings. The molecule has 0 atom stereocenters. The lowest BCUT2D eigenvalue weighted by atomic mass is 10.3. The average Bonchev–Trinajstić information content (AvgIpc) is 2.46. The maximum absolute atomic E-state index is 11.3. The second kappa shape index (κ2) is 3.51. The molecule has 1 rings (SSSR count). The maximum atomic E-state index is 11.3. The van der Waals surface area contributed by atoms with E-state index in [2.05, 4.69) is 16.8 Å². The number of nitrogens with zero attached hydrogens (tertiary/aromatic N) is 3. The number of rotatable bonds is 2. The summed E-state index contributed by atoms with van der Waals surface area (Å²) in [4.78, 5) is 14.6. The molecule has 0 aromatic carbocycles. The monoisotopic (exact) mass is 179 g/mol. The molecule has 0 unspecified atom stereocenters. The number of carbonyl (C=O) groups is 1. The smallest absolute Gasteiger partial charge is 0.265 e. The topological polar surface area (TPSA) is 47.2 Å². The summed E-state index contributed by atoms with van der Waals surface area (Å²) >= 11 is 0. The summed E-state index contributed by atoms with van der Waals surface area (Å²) in [6, 6.07) is 1.88. The van der Waals surface area contributed by atoms with E-state index in [1.807, 2.05) is 20.8 Å². The predicted octanol–water partition coefficient (Wildman–Crippen LogP) is 1.61. The van der Waals surface area contributed by atoms with E-state index in [1.165, 1.54) is 0 Å². The van der Waals surface area contributed by atoms with Gasteiger partial charge in [-0.15, -0.1) is 0 Å². The van der Waals surface area contributed by atoms with Crippen molar-refractivity contribution >= 4 is 12.6 Å². The highest BCUT2D eigenvalue weighted by Gasteiger charge is 2.13. The van der Waals surface area contributed by atoms with Crippen LogP contribution in [0, 0.1) is 6.92 Å². The number of aromatic nitrogens is 2. The zero-order chi connectivity index (χ0) is 10.0. The molecule has 0 aliphatic heterocycles. The second-order valence-corrected chi connectivity index (χ2v) is 3.17. The average molecular weight is 179 g/mol. The number of hydrogen-bond acceptors (Lipinski definition) is 2. The molecule has 0 saturated heterocycles. The van der Waals surface area contributed by atoms with E-state index in [-0.39, 0.29) is 11.9 Å². The Bertz CT molecular complexity index is 339. The molecule has 0 spiro atoms. The summed E-state index contributed by atoms with van der Waals surface area (Å²) in [6.45, 7) is 8.98. The van der Waals surface area contributed by atoms with Gasteiger partial charge in [0, 0.05) is 6.04 Å². The Morgan fingerprint density at radius 3 is 2.77 bits per heavy atom. The fourth-order valence-electron chi connectivity index (χ4n) is 1.15. The van der Waals surface area contributed by atoms with Gasteiger partial charge in [-0.2, -0.15) is 5.10 Å². The first-order chi connectivity index (χ1) is 6.06. The van der Waals surface area contributed by atoms with Crippen LogP contribution in [0.2, 0.25) is 0 Å². The zero-order valence-corrected chi connectivity index (χ0v) is 8.11. The van der Waals surface area contributed by atoms with Crippen molar-refractivity contribution in [3.63, 3.8) is 0 Å². The van der Waals surface area contributed by atoms with Gasteiger partial charge in [-0.05, 0) is 33.6 Å². The Labute approximate surface area is 77.3 Å². The lowest BCUT2D eigenvalue weighted by Gasteiger charge is -2.07. The van der Waals surface area contributed by atoms with Crippen molar-refractivity contribution < 1.29 is 4.79 Å². The fraction of sp³-hybridized carbons (Fsp3) is 0.444. The minimum Gasteiger partial charge on any atom is -0.265 e. The first-order valence-corrected chi connectivity index (χ1v) is 4.13. The molecule has 1 heterocycles. The first kappa shape index (κ1) is 9.64. The van der Waals surface area contributed by atoms with Gasteiger partial charge in [0.25, 0.3) is 5.91 Å². The van der Waals surface area contributed by atoms with E-state index < -0.39 is 0 Å². The van der Waals surface area contributed by atoms with E-state index >= 15 is 0 Å². The molecule has 0 aliphatic carbocycles. The molecular weight excluding hydrogens is 166 g/mol. The van der Waals surface area contributed by atoms with Crippen molar-refractivity contribution in [2.45, 2.75) is 26.8 Å². The number of carbonyl (C=O) groups excluding carboxylic acids is 1. The zero-order valence-electron chi connectivity index (χ0n) is 8.11. The highest BCUT2D eigenvalue weighted by molar-refractivity contribution is 5.95. The van der Waals surface area contributed by atoms with Crippen LogP contribution in [-0.2, 0) is 0 Å². The normalized spacial score (nSPS) is 10.5. The Hall–Kier alpha value is -1.45. The van der Waals surface area contributed by atoms with Crippen molar-refractivity contribution in [1.82, 2.24) is 9.78 Å². The third-order valence-electron chi connectivity index (χ3n) is 1.71. The molecule has 1 amide bonds. The first-order valence-electron chi connectivity index (χ1n) is 4.13. The molecule has 1 aromatic heterocycles. The van der Waals surface area contributed by atoms with E-state index in [0.29, 0.717) is 5.69 Å². The number of amides is 1. The number of aryl methyl sites for hydroxylation is 1. The molecule has 4 nitrogen and oxygen atoms in total. The predicted molar refractivity (Wildman–Crippen MR) is 51.2 cm³/mol. The summed E-state index contributed by atoms with van der Waals surface area (Å²) in [7, 11) is 0. The SMILES string of the molecule is C=NC(=O)c1cc(C)nn1C(C)C. The Balaban J connectivity index is 3.18. The Morgan fingerprint density at radius 1 is 1.69 bits per heavy atom. The van der Waals surface area contributed by atoms with Gasteiger partial charge in [0.05, 0.1) is 5.69 Å². The van der Waals surface area contributed by atoms with E-state index in [4.69, 9.17) is 0 Å². The lowest BCUT2D eigenvalue weighted by molar-refractivity contribution is 0.0992. The summed E-state index contributed by atoms with van der Waals surface area (Å²) in [5.74, 6) is -0.325. The molecule has 0 radical (unpaired) electrons. The lowest BCUT2D eigenvalue weighted by Crippen LogP contribution is -2.10. The Kier molecular flexibility index (Phi) is 2.60. The van der Waals surface area contributed by atoms with Crippen molar-refractivity contribution in [2.75, 3.05) is 0 Å². The van der Waals surface area contributed by atoms with Gasteiger partial charge in [-0.25, -0.2) is 4.99 Å². The molecule has 13 heavy (non-hydrogen) atoms.